The van der Waals surface area contributed by atoms with Crippen LogP contribution in [0.4, 0.5) is 0 Å². The van der Waals surface area contributed by atoms with E-state index < -0.39 is 0 Å². The van der Waals surface area contributed by atoms with Crippen LogP contribution in [0.5, 0.6) is 0 Å². The van der Waals surface area contributed by atoms with Crippen molar-refractivity contribution in [3.05, 3.63) is 32.0 Å². The topological polar surface area (TPSA) is 47.2 Å². The zero-order valence-corrected chi connectivity index (χ0v) is 10.9. The molecule has 6 heteroatoms. The fourth-order valence-corrected chi connectivity index (χ4v) is 2.83. The van der Waals surface area contributed by atoms with Crippen LogP contribution < -0.4 is 4.80 Å². The monoisotopic (exact) mass is 253 g/mol. The van der Waals surface area contributed by atoms with Crippen molar-refractivity contribution in [2.24, 2.45) is 12.0 Å². The molecule has 0 fully saturated rings. The van der Waals surface area contributed by atoms with Gasteiger partial charge >= 0.3 is 0 Å². The summed E-state index contributed by atoms with van der Waals surface area (Å²) < 4.78 is 1.83. The van der Waals surface area contributed by atoms with Crippen molar-refractivity contribution in [3.63, 3.8) is 0 Å². The van der Waals surface area contributed by atoms with Crippen molar-refractivity contribution >= 4 is 28.6 Å². The van der Waals surface area contributed by atoms with Gasteiger partial charge in [0.1, 0.15) is 4.88 Å². The predicted octanol–water partition coefficient (Wildman–Crippen LogP) is 1.90. The first kappa shape index (κ1) is 11.2. The molecular formula is C10H11N3OS2. The minimum absolute atomic E-state index is 0.207. The Balaban J connectivity index is 2.42. The first-order valence-corrected chi connectivity index (χ1v) is 6.41. The zero-order valence-electron chi connectivity index (χ0n) is 9.22. The summed E-state index contributed by atoms with van der Waals surface area (Å²) >= 11 is 2.84. The standard InChI is InChI=1S/C10H11N3OS2/c1-6-8(16-7(2)11-6)9(14)12-10-13(3)4-5-15-10/h4-5H,1-3H3. The van der Waals surface area contributed by atoms with Gasteiger partial charge in [-0.15, -0.1) is 22.7 Å². The molecule has 0 saturated carbocycles. The second kappa shape index (κ2) is 4.31. The quantitative estimate of drug-likeness (QED) is 0.779. The number of hydrogen-bond donors (Lipinski definition) is 0. The number of aromatic nitrogens is 2. The Kier molecular flexibility index (Phi) is 3.02. The van der Waals surface area contributed by atoms with Crippen LogP contribution in [0.25, 0.3) is 0 Å². The summed E-state index contributed by atoms with van der Waals surface area (Å²) in [6, 6.07) is 0. The van der Waals surface area contributed by atoms with Gasteiger partial charge in [0, 0.05) is 18.6 Å². The Hall–Kier alpha value is -1.27. The van der Waals surface area contributed by atoms with Crippen molar-refractivity contribution in [1.29, 1.82) is 0 Å². The first-order chi connectivity index (χ1) is 7.58. The molecule has 0 aliphatic carbocycles. The molecule has 0 aliphatic heterocycles. The second-order valence-corrected chi connectivity index (χ2v) is 5.44. The highest BCUT2D eigenvalue weighted by Gasteiger charge is 2.12. The van der Waals surface area contributed by atoms with E-state index in [2.05, 4.69) is 9.98 Å². The Morgan fingerprint density at radius 1 is 1.50 bits per heavy atom. The molecule has 4 nitrogen and oxygen atoms in total. The van der Waals surface area contributed by atoms with Gasteiger partial charge in [-0.3, -0.25) is 4.79 Å². The molecule has 0 unspecified atom stereocenters. The summed E-state index contributed by atoms with van der Waals surface area (Å²) in [4.78, 5) is 21.5. The number of aryl methyl sites for hydroxylation is 3. The molecule has 0 N–H and O–H groups in total. The second-order valence-electron chi connectivity index (χ2n) is 3.36. The highest BCUT2D eigenvalue weighted by atomic mass is 32.1. The van der Waals surface area contributed by atoms with Crippen molar-refractivity contribution in [2.45, 2.75) is 13.8 Å². The lowest BCUT2D eigenvalue weighted by Gasteiger charge is -1.91. The number of nitrogens with zero attached hydrogens (tertiary/aromatic N) is 3. The van der Waals surface area contributed by atoms with E-state index in [1.807, 2.05) is 37.0 Å². The lowest BCUT2D eigenvalue weighted by atomic mass is 10.4. The Bertz CT molecular complexity index is 591. The molecule has 16 heavy (non-hydrogen) atoms. The van der Waals surface area contributed by atoms with Crippen molar-refractivity contribution in [3.8, 4) is 0 Å². The van der Waals surface area contributed by atoms with Gasteiger partial charge in [-0.05, 0) is 13.8 Å². The minimum Gasteiger partial charge on any atom is -0.327 e. The van der Waals surface area contributed by atoms with Crippen LogP contribution in [0, 0.1) is 13.8 Å². The summed E-state index contributed by atoms with van der Waals surface area (Å²) in [6.07, 6.45) is 1.88. The summed E-state index contributed by atoms with van der Waals surface area (Å²) in [5.41, 5.74) is 0.760. The number of hydrogen-bond acceptors (Lipinski definition) is 4. The molecule has 0 saturated heterocycles. The van der Waals surface area contributed by atoms with Gasteiger partial charge in [0.15, 0.2) is 4.80 Å². The molecule has 0 radical (unpaired) electrons. The predicted molar refractivity (Wildman–Crippen MR) is 64.8 cm³/mol. The fourth-order valence-electron chi connectivity index (χ4n) is 1.30. The lowest BCUT2D eigenvalue weighted by molar-refractivity contribution is 0.100. The van der Waals surface area contributed by atoms with E-state index >= 15 is 0 Å². The maximum atomic E-state index is 11.9. The van der Waals surface area contributed by atoms with Gasteiger partial charge < -0.3 is 4.57 Å². The van der Waals surface area contributed by atoms with Gasteiger partial charge in [-0.1, -0.05) is 0 Å². The third kappa shape index (κ3) is 2.12. The molecule has 84 valence electrons. The average molecular weight is 253 g/mol. The molecule has 2 aromatic rings. The van der Waals surface area contributed by atoms with Crippen LogP contribution in [0.1, 0.15) is 20.4 Å². The SMILES string of the molecule is Cc1nc(C)c(C(=O)N=c2sccn2C)s1. The first-order valence-electron chi connectivity index (χ1n) is 4.71. The Morgan fingerprint density at radius 3 is 2.75 bits per heavy atom. The fraction of sp³-hybridized carbons (Fsp3) is 0.300. The Labute approximate surface area is 101 Å². The number of rotatable bonds is 1. The Morgan fingerprint density at radius 2 is 2.25 bits per heavy atom. The van der Waals surface area contributed by atoms with E-state index in [1.54, 1.807) is 0 Å². The molecule has 0 atom stereocenters. The third-order valence-corrected chi connectivity index (χ3v) is 3.96. The molecule has 2 heterocycles. The van der Waals surface area contributed by atoms with Crippen LogP contribution >= 0.6 is 22.7 Å². The molecule has 0 aliphatic rings. The number of amides is 1. The van der Waals surface area contributed by atoms with E-state index in [4.69, 9.17) is 0 Å². The van der Waals surface area contributed by atoms with Crippen molar-refractivity contribution < 1.29 is 4.79 Å². The molecule has 0 bridgehead atoms. The summed E-state index contributed by atoms with van der Waals surface area (Å²) in [5.74, 6) is -0.207. The normalized spacial score (nSPS) is 12.1. The molecule has 0 spiro atoms. The van der Waals surface area contributed by atoms with Gasteiger partial charge in [0.2, 0.25) is 0 Å². The van der Waals surface area contributed by atoms with Gasteiger partial charge in [0.25, 0.3) is 5.91 Å². The zero-order chi connectivity index (χ0) is 11.7. The maximum absolute atomic E-state index is 11.9. The highest BCUT2D eigenvalue weighted by molar-refractivity contribution is 7.13. The molecule has 1 amide bonds. The molecule has 2 rings (SSSR count). The van der Waals surface area contributed by atoms with E-state index in [0.29, 0.717) is 9.68 Å². The number of carbonyl (C=O) groups is 1. The van der Waals surface area contributed by atoms with E-state index in [9.17, 15) is 4.79 Å². The van der Waals surface area contributed by atoms with Crippen molar-refractivity contribution in [1.82, 2.24) is 9.55 Å². The van der Waals surface area contributed by atoms with Crippen LogP contribution in [-0.2, 0) is 7.05 Å². The van der Waals surface area contributed by atoms with Crippen LogP contribution in [0.2, 0.25) is 0 Å². The highest BCUT2D eigenvalue weighted by Crippen LogP contribution is 2.17. The summed E-state index contributed by atoms with van der Waals surface area (Å²) in [7, 11) is 1.87. The number of carbonyl (C=O) groups excluding carboxylic acids is 1. The van der Waals surface area contributed by atoms with Crippen LogP contribution in [0.15, 0.2) is 16.6 Å². The minimum atomic E-state index is -0.207. The van der Waals surface area contributed by atoms with Crippen LogP contribution in [0.3, 0.4) is 0 Å². The summed E-state index contributed by atoms with van der Waals surface area (Å²) in [6.45, 7) is 3.72. The lowest BCUT2D eigenvalue weighted by Crippen LogP contribution is -2.12. The number of thiazole rings is 2. The third-order valence-electron chi connectivity index (χ3n) is 2.05. The van der Waals surface area contributed by atoms with Crippen LogP contribution in [-0.4, -0.2) is 15.5 Å². The largest absolute Gasteiger partial charge is 0.327 e. The smallest absolute Gasteiger partial charge is 0.291 e. The van der Waals surface area contributed by atoms with E-state index in [0.717, 1.165) is 10.7 Å². The van der Waals surface area contributed by atoms with Gasteiger partial charge in [-0.2, -0.15) is 4.99 Å². The average Bonchev–Trinajstić information content (AvgIpc) is 2.74. The van der Waals surface area contributed by atoms with Gasteiger partial charge in [-0.25, -0.2) is 4.98 Å². The van der Waals surface area contributed by atoms with E-state index in [-0.39, 0.29) is 5.91 Å². The molecular weight excluding hydrogens is 242 g/mol. The van der Waals surface area contributed by atoms with E-state index in [1.165, 1.54) is 22.7 Å². The van der Waals surface area contributed by atoms with Gasteiger partial charge in [0.05, 0.1) is 10.7 Å². The molecule has 0 aromatic carbocycles. The maximum Gasteiger partial charge on any atom is 0.291 e. The van der Waals surface area contributed by atoms with Crippen molar-refractivity contribution in [2.75, 3.05) is 0 Å². The summed E-state index contributed by atoms with van der Waals surface area (Å²) in [5, 5.41) is 2.79. The molecule has 2 aromatic heterocycles.